The van der Waals surface area contributed by atoms with Crippen molar-refractivity contribution in [3.8, 4) is 11.5 Å². The van der Waals surface area contributed by atoms with E-state index in [1.54, 1.807) is 47.4 Å². The first-order valence-corrected chi connectivity index (χ1v) is 19.6. The number of allylic oxidation sites excluding steroid dienone is 1. The van der Waals surface area contributed by atoms with E-state index in [2.05, 4.69) is 22.0 Å². The summed E-state index contributed by atoms with van der Waals surface area (Å²) < 4.78 is 48.3. The zero-order valence-corrected chi connectivity index (χ0v) is 31.9. The topological polar surface area (TPSA) is 102 Å². The first kappa shape index (κ1) is 39.6. The summed E-state index contributed by atoms with van der Waals surface area (Å²) in [5.74, 6) is -0.657. The molecule has 298 valence electrons. The van der Waals surface area contributed by atoms with Gasteiger partial charge in [-0.3, -0.25) is 24.6 Å². The molecular formula is C45H47F3N4O5. The molecule has 0 bridgehead atoms. The van der Waals surface area contributed by atoms with Crippen LogP contribution < -0.4 is 15.0 Å². The Morgan fingerprint density at radius 1 is 0.860 bits per heavy atom. The minimum Gasteiger partial charge on any atom is -0.508 e. The summed E-state index contributed by atoms with van der Waals surface area (Å²) in [6.45, 7) is 6.06. The standard InChI is InChI=1S/C45H47F3N4O5/c1-2-37(30-8-4-3-5-9-30)42(31-11-16-35(53)17-12-31)32-13-18-36(19-14-32)57-40(45(46,47)48)10-6-7-23-50-24-26-51(27-25-50)34-15-20-38-33(28-34)29-52(44(38)56)39-21-22-41(54)49-43(39)55/h3-5,8-9,11-20,28,39-40,53H,2,6-7,10,21-27,29H2,1H3,(H,49,54,55)/b42-37-. The van der Waals surface area contributed by atoms with Crippen LogP contribution in [0.4, 0.5) is 18.9 Å². The minimum absolute atomic E-state index is 0.149. The van der Waals surface area contributed by atoms with Crippen LogP contribution in [0.15, 0.2) is 97.1 Å². The number of fused-ring (bicyclic) bond motifs is 1. The fourth-order valence-electron chi connectivity index (χ4n) is 8.11. The molecule has 12 heteroatoms. The quantitative estimate of drug-likeness (QED) is 0.0811. The molecule has 3 heterocycles. The van der Waals surface area contributed by atoms with Crippen molar-refractivity contribution in [2.75, 3.05) is 37.6 Å². The summed E-state index contributed by atoms with van der Waals surface area (Å²) >= 11 is 0. The highest BCUT2D eigenvalue weighted by Gasteiger charge is 2.42. The molecule has 0 saturated carbocycles. The van der Waals surface area contributed by atoms with Crippen molar-refractivity contribution in [2.45, 2.75) is 70.3 Å². The Kier molecular flexibility index (Phi) is 12.0. The number of ether oxygens (including phenoxy) is 1. The maximum Gasteiger partial charge on any atom is 0.425 e. The molecule has 4 aromatic carbocycles. The van der Waals surface area contributed by atoms with E-state index in [-0.39, 0.29) is 36.2 Å². The van der Waals surface area contributed by atoms with Crippen LogP contribution >= 0.6 is 0 Å². The Morgan fingerprint density at radius 2 is 1.54 bits per heavy atom. The van der Waals surface area contributed by atoms with E-state index in [0.717, 1.165) is 71.7 Å². The second-order valence-corrected chi connectivity index (χ2v) is 14.9. The molecule has 2 fully saturated rings. The van der Waals surface area contributed by atoms with E-state index < -0.39 is 24.2 Å². The number of unbranched alkanes of at least 4 members (excludes halogenated alkanes) is 1. The number of phenolic OH excluding ortho intramolecular Hbond substituents is 1. The molecule has 7 rings (SSSR count). The Bertz CT molecular complexity index is 2100. The Hall–Kier alpha value is -5.62. The van der Waals surface area contributed by atoms with Gasteiger partial charge in [0.2, 0.25) is 11.8 Å². The molecule has 0 spiro atoms. The van der Waals surface area contributed by atoms with E-state index in [1.165, 1.54) is 0 Å². The fourth-order valence-corrected chi connectivity index (χ4v) is 8.11. The molecule has 2 unspecified atom stereocenters. The number of nitrogens with one attached hydrogen (secondary N) is 1. The molecule has 4 aromatic rings. The van der Waals surface area contributed by atoms with Gasteiger partial charge in [-0.1, -0.05) is 61.5 Å². The Morgan fingerprint density at radius 3 is 2.19 bits per heavy atom. The number of hydrogen-bond acceptors (Lipinski definition) is 7. The van der Waals surface area contributed by atoms with Gasteiger partial charge in [0.25, 0.3) is 5.91 Å². The average molecular weight is 781 g/mol. The van der Waals surface area contributed by atoms with Gasteiger partial charge in [-0.05, 0) is 115 Å². The number of rotatable bonds is 13. The van der Waals surface area contributed by atoms with Crippen molar-refractivity contribution in [1.29, 1.82) is 0 Å². The van der Waals surface area contributed by atoms with Gasteiger partial charge in [0.1, 0.15) is 17.5 Å². The van der Waals surface area contributed by atoms with Crippen molar-refractivity contribution in [2.24, 2.45) is 0 Å². The highest BCUT2D eigenvalue weighted by molar-refractivity contribution is 6.05. The van der Waals surface area contributed by atoms with Crippen LogP contribution in [0.3, 0.4) is 0 Å². The monoisotopic (exact) mass is 780 g/mol. The third kappa shape index (κ3) is 9.17. The molecular weight excluding hydrogens is 734 g/mol. The lowest BCUT2D eigenvalue weighted by Crippen LogP contribution is -2.52. The highest BCUT2D eigenvalue weighted by atomic mass is 19.4. The number of nitrogens with zero attached hydrogens (tertiary/aromatic N) is 3. The maximum absolute atomic E-state index is 14.2. The lowest BCUT2D eigenvalue weighted by atomic mass is 9.88. The molecule has 0 radical (unpaired) electrons. The van der Waals surface area contributed by atoms with Crippen molar-refractivity contribution >= 4 is 34.6 Å². The molecule has 2 atom stereocenters. The van der Waals surface area contributed by atoms with Gasteiger partial charge in [0.05, 0.1) is 0 Å². The van der Waals surface area contributed by atoms with E-state index in [1.807, 2.05) is 54.6 Å². The summed E-state index contributed by atoms with van der Waals surface area (Å²) in [5, 5.41) is 12.3. The van der Waals surface area contributed by atoms with Crippen molar-refractivity contribution in [3.05, 3.63) is 125 Å². The van der Waals surface area contributed by atoms with Crippen LogP contribution in [0.2, 0.25) is 0 Å². The zero-order valence-electron chi connectivity index (χ0n) is 31.9. The number of imide groups is 1. The first-order chi connectivity index (χ1) is 27.5. The fraction of sp³-hybridized carbons (Fsp3) is 0.356. The maximum atomic E-state index is 14.2. The molecule has 3 aliphatic rings. The predicted molar refractivity (Wildman–Crippen MR) is 213 cm³/mol. The van der Waals surface area contributed by atoms with Gasteiger partial charge in [-0.15, -0.1) is 0 Å². The molecule has 3 amide bonds. The number of piperazine rings is 1. The number of benzene rings is 4. The van der Waals surface area contributed by atoms with Gasteiger partial charge in [0, 0.05) is 50.4 Å². The van der Waals surface area contributed by atoms with Crippen LogP contribution in [0.5, 0.6) is 11.5 Å². The van der Waals surface area contributed by atoms with E-state index in [0.29, 0.717) is 37.9 Å². The van der Waals surface area contributed by atoms with Crippen LogP contribution in [0.1, 0.15) is 78.1 Å². The van der Waals surface area contributed by atoms with Crippen LogP contribution in [0, 0.1) is 0 Å². The van der Waals surface area contributed by atoms with Crippen LogP contribution in [-0.2, 0) is 16.1 Å². The number of alkyl halides is 3. The Labute approximate surface area is 330 Å². The number of phenols is 1. The zero-order chi connectivity index (χ0) is 40.1. The predicted octanol–water partition coefficient (Wildman–Crippen LogP) is 7.82. The van der Waals surface area contributed by atoms with Gasteiger partial charge >= 0.3 is 6.18 Å². The number of amides is 3. The SMILES string of the molecule is CC/C(=C(\c1ccc(O)cc1)c1ccc(OC(CCCCN2CCN(c3ccc4c(c3)CN(C3CCC(=O)NC3=O)C4=O)CC2)C(F)(F)F)cc1)c1ccccc1. The number of aromatic hydroxyl groups is 1. The Balaban J connectivity index is 0.917. The summed E-state index contributed by atoms with van der Waals surface area (Å²) in [4.78, 5) is 43.1. The van der Waals surface area contributed by atoms with Gasteiger partial charge in [0.15, 0.2) is 6.10 Å². The summed E-state index contributed by atoms with van der Waals surface area (Å²) in [7, 11) is 0. The van der Waals surface area contributed by atoms with E-state index in [4.69, 9.17) is 4.74 Å². The number of carbonyl (C=O) groups excluding carboxylic acids is 3. The summed E-state index contributed by atoms with van der Waals surface area (Å²) in [6.07, 6.45) is -4.41. The highest BCUT2D eigenvalue weighted by Crippen LogP contribution is 2.37. The van der Waals surface area contributed by atoms with Crippen LogP contribution in [0.25, 0.3) is 11.1 Å². The second-order valence-electron chi connectivity index (χ2n) is 14.9. The van der Waals surface area contributed by atoms with Gasteiger partial charge in [-0.2, -0.15) is 13.2 Å². The van der Waals surface area contributed by atoms with E-state index >= 15 is 0 Å². The lowest BCUT2D eigenvalue weighted by Gasteiger charge is -2.36. The lowest BCUT2D eigenvalue weighted by molar-refractivity contribution is -0.197. The molecule has 3 aliphatic heterocycles. The number of carbonyl (C=O) groups is 3. The number of anilines is 1. The first-order valence-electron chi connectivity index (χ1n) is 19.6. The normalized spacial score (nSPS) is 18.6. The summed E-state index contributed by atoms with van der Waals surface area (Å²) in [6, 6.07) is 28.7. The number of halogens is 3. The third-order valence-corrected chi connectivity index (χ3v) is 11.2. The number of hydrogen-bond donors (Lipinski definition) is 2. The third-order valence-electron chi connectivity index (χ3n) is 11.2. The van der Waals surface area contributed by atoms with Crippen molar-refractivity contribution in [1.82, 2.24) is 15.1 Å². The second kappa shape index (κ2) is 17.3. The summed E-state index contributed by atoms with van der Waals surface area (Å²) in [5.41, 5.74) is 7.18. The number of piperidine rings is 1. The molecule has 0 aromatic heterocycles. The molecule has 2 saturated heterocycles. The molecule has 9 nitrogen and oxygen atoms in total. The average Bonchev–Trinajstić information content (AvgIpc) is 3.53. The van der Waals surface area contributed by atoms with Gasteiger partial charge < -0.3 is 19.6 Å². The van der Waals surface area contributed by atoms with Crippen LogP contribution in [-0.4, -0.2) is 83.7 Å². The smallest absolute Gasteiger partial charge is 0.425 e. The minimum atomic E-state index is -4.52. The molecule has 57 heavy (non-hydrogen) atoms. The van der Waals surface area contributed by atoms with Gasteiger partial charge in [-0.25, -0.2) is 0 Å². The largest absolute Gasteiger partial charge is 0.508 e. The molecule has 0 aliphatic carbocycles. The molecule has 2 N–H and O–H groups in total. The van der Waals surface area contributed by atoms with E-state index in [9.17, 15) is 32.7 Å². The van der Waals surface area contributed by atoms with Crippen molar-refractivity contribution < 1.29 is 37.4 Å². The van der Waals surface area contributed by atoms with Crippen molar-refractivity contribution in [3.63, 3.8) is 0 Å².